The monoisotopic (exact) mass is 269 g/mol. The summed E-state index contributed by atoms with van der Waals surface area (Å²) >= 11 is 0. The molecule has 98 valence electrons. The summed E-state index contributed by atoms with van der Waals surface area (Å²) in [4.78, 5) is 11.2. The minimum absolute atomic E-state index is 0.0797. The van der Waals surface area contributed by atoms with Gasteiger partial charge in [0.25, 0.3) is 0 Å². The minimum Gasteiger partial charge on any atom is -0.480 e. The molecule has 5 nitrogen and oxygen atoms in total. The van der Waals surface area contributed by atoms with Crippen molar-refractivity contribution in [2.75, 3.05) is 5.32 Å². The largest absolute Gasteiger partial charge is 0.480 e. The van der Waals surface area contributed by atoms with Crippen LogP contribution in [0.3, 0.4) is 0 Å². The summed E-state index contributed by atoms with van der Waals surface area (Å²) in [6.07, 6.45) is 0. The molecule has 2 rings (SSSR count). The molecule has 0 spiro atoms. The Morgan fingerprint density at radius 1 is 1.28 bits per heavy atom. The van der Waals surface area contributed by atoms with Gasteiger partial charge in [-0.2, -0.15) is 0 Å². The number of rotatable bonds is 1. The van der Waals surface area contributed by atoms with Crippen molar-refractivity contribution in [2.24, 2.45) is 0 Å². The summed E-state index contributed by atoms with van der Waals surface area (Å²) in [5.74, 6) is -1.32. The van der Waals surface area contributed by atoms with Gasteiger partial charge in [0.2, 0.25) is 0 Å². The molecule has 2 unspecified atom stereocenters. The molecule has 1 aromatic rings. The molecule has 0 amide bonds. The summed E-state index contributed by atoms with van der Waals surface area (Å²) in [6, 6.07) is 2.63. The molecule has 0 fully saturated rings. The van der Waals surface area contributed by atoms with Gasteiger partial charge in [0.15, 0.2) is 15.1 Å². The summed E-state index contributed by atoms with van der Waals surface area (Å²) in [5.41, 5.74) is 2.29. The van der Waals surface area contributed by atoms with Crippen LogP contribution in [-0.2, 0) is 14.6 Å². The lowest BCUT2D eigenvalue weighted by Crippen LogP contribution is -2.47. The van der Waals surface area contributed by atoms with E-state index in [0.717, 1.165) is 11.1 Å². The van der Waals surface area contributed by atoms with E-state index in [1.54, 1.807) is 19.9 Å². The maximum atomic E-state index is 12.3. The first-order chi connectivity index (χ1) is 8.25. The fourth-order valence-electron chi connectivity index (χ4n) is 2.21. The molecule has 2 atom stereocenters. The average Bonchev–Trinajstić information content (AvgIpc) is 2.20. The van der Waals surface area contributed by atoms with Crippen molar-refractivity contribution in [2.45, 2.75) is 37.0 Å². The van der Waals surface area contributed by atoms with E-state index in [0.29, 0.717) is 5.69 Å². The van der Waals surface area contributed by atoms with Crippen LogP contribution in [0.2, 0.25) is 0 Å². The van der Waals surface area contributed by atoms with Crippen molar-refractivity contribution in [3.05, 3.63) is 23.3 Å². The summed E-state index contributed by atoms with van der Waals surface area (Å²) < 4.78 is 24.6. The van der Waals surface area contributed by atoms with E-state index in [-0.39, 0.29) is 4.90 Å². The van der Waals surface area contributed by atoms with Gasteiger partial charge in [-0.25, -0.2) is 8.42 Å². The second kappa shape index (κ2) is 3.98. The van der Waals surface area contributed by atoms with E-state index < -0.39 is 27.1 Å². The molecule has 1 aliphatic rings. The highest BCUT2D eigenvalue weighted by Crippen LogP contribution is 2.34. The molecule has 6 heteroatoms. The summed E-state index contributed by atoms with van der Waals surface area (Å²) in [7, 11) is -3.83. The topological polar surface area (TPSA) is 83.5 Å². The molecule has 0 saturated carbocycles. The van der Waals surface area contributed by atoms with Crippen molar-refractivity contribution in [3.63, 3.8) is 0 Å². The molecule has 2 N–H and O–H groups in total. The molecule has 1 heterocycles. The molecule has 0 radical (unpaired) electrons. The van der Waals surface area contributed by atoms with Gasteiger partial charge in [0.05, 0.1) is 16.6 Å². The number of hydrogen-bond acceptors (Lipinski definition) is 4. The molecule has 0 bridgehead atoms. The van der Waals surface area contributed by atoms with Gasteiger partial charge in [-0.1, -0.05) is 0 Å². The molecular weight excluding hydrogens is 254 g/mol. The lowest BCUT2D eigenvalue weighted by atomic mass is 10.1. The van der Waals surface area contributed by atoms with E-state index in [9.17, 15) is 13.2 Å². The Hall–Kier alpha value is -1.56. The van der Waals surface area contributed by atoms with Gasteiger partial charge in [-0.3, -0.25) is 4.79 Å². The molecule has 1 aromatic carbocycles. The van der Waals surface area contributed by atoms with Crippen LogP contribution in [-0.4, -0.2) is 30.8 Å². The Morgan fingerprint density at radius 3 is 2.39 bits per heavy atom. The number of carbonyl (C=O) groups is 1. The number of aliphatic carboxylic acids is 1. The number of benzene rings is 1. The number of aryl methyl sites for hydroxylation is 2. The zero-order chi connectivity index (χ0) is 13.7. The Bertz CT molecular complexity index is 621. The van der Waals surface area contributed by atoms with Crippen LogP contribution < -0.4 is 5.32 Å². The molecule has 18 heavy (non-hydrogen) atoms. The Morgan fingerprint density at radius 2 is 1.83 bits per heavy atom. The van der Waals surface area contributed by atoms with Gasteiger partial charge < -0.3 is 10.4 Å². The van der Waals surface area contributed by atoms with E-state index in [1.165, 1.54) is 6.07 Å². The van der Waals surface area contributed by atoms with Crippen molar-refractivity contribution in [1.29, 1.82) is 0 Å². The number of sulfone groups is 1. The number of carboxylic acid groups (broad SMARTS) is 1. The maximum absolute atomic E-state index is 12.3. The van der Waals surface area contributed by atoms with E-state index in [1.807, 2.05) is 6.92 Å². The molecule has 0 aromatic heterocycles. The van der Waals surface area contributed by atoms with E-state index in [2.05, 4.69) is 5.32 Å². The van der Waals surface area contributed by atoms with Crippen LogP contribution >= 0.6 is 0 Å². The smallest absolute Gasteiger partial charge is 0.324 e. The highest BCUT2D eigenvalue weighted by molar-refractivity contribution is 7.93. The highest BCUT2D eigenvalue weighted by atomic mass is 32.2. The van der Waals surface area contributed by atoms with Gasteiger partial charge in [-0.05, 0) is 44.0 Å². The van der Waals surface area contributed by atoms with Crippen molar-refractivity contribution in [3.8, 4) is 0 Å². The zero-order valence-electron chi connectivity index (χ0n) is 10.4. The summed E-state index contributed by atoms with van der Waals surface area (Å²) in [5, 5.41) is 10.6. The van der Waals surface area contributed by atoms with Crippen LogP contribution in [0.1, 0.15) is 18.1 Å². The van der Waals surface area contributed by atoms with Crippen LogP contribution in [0.4, 0.5) is 5.69 Å². The Kier molecular flexibility index (Phi) is 2.85. The third-order valence-electron chi connectivity index (χ3n) is 3.32. The number of nitrogens with one attached hydrogen (secondary N) is 1. The van der Waals surface area contributed by atoms with Gasteiger partial charge in [0, 0.05) is 0 Å². The number of fused-ring (bicyclic) bond motifs is 1. The molecular formula is C12H15NO4S. The third kappa shape index (κ3) is 1.77. The second-order valence-electron chi connectivity index (χ2n) is 4.67. The number of anilines is 1. The lowest BCUT2D eigenvalue weighted by Gasteiger charge is -2.30. The fraction of sp³-hybridized carbons (Fsp3) is 0.417. The first-order valence-corrected chi connectivity index (χ1v) is 7.14. The van der Waals surface area contributed by atoms with Crippen LogP contribution in [0.15, 0.2) is 17.0 Å². The van der Waals surface area contributed by atoms with E-state index in [4.69, 9.17) is 5.11 Å². The summed E-state index contributed by atoms with van der Waals surface area (Å²) in [6.45, 7) is 5.26. The minimum atomic E-state index is -3.83. The third-order valence-corrected chi connectivity index (χ3v) is 5.55. The predicted octanol–water partition coefficient (Wildman–Crippen LogP) is 1.34. The molecule has 1 aliphatic heterocycles. The number of hydrogen-bond donors (Lipinski definition) is 2. The average molecular weight is 269 g/mol. The van der Waals surface area contributed by atoms with E-state index >= 15 is 0 Å². The quantitative estimate of drug-likeness (QED) is 0.804. The van der Waals surface area contributed by atoms with Crippen molar-refractivity contribution in [1.82, 2.24) is 0 Å². The standard InChI is InChI=1S/C12H15NO4S/c1-6-4-9-10(5-7(6)2)18(16,17)11(12(14)15)8(3)13-9/h4-5,8,11,13H,1-3H3,(H,14,15). The molecule has 0 aliphatic carbocycles. The van der Waals surface area contributed by atoms with Crippen molar-refractivity contribution >= 4 is 21.5 Å². The van der Waals surface area contributed by atoms with Gasteiger partial charge in [-0.15, -0.1) is 0 Å². The Balaban J connectivity index is 2.71. The lowest BCUT2D eigenvalue weighted by molar-refractivity contribution is -0.136. The van der Waals surface area contributed by atoms with Crippen molar-refractivity contribution < 1.29 is 18.3 Å². The van der Waals surface area contributed by atoms with Crippen LogP contribution in [0.25, 0.3) is 0 Å². The first kappa shape index (κ1) is 12.9. The SMILES string of the molecule is Cc1cc2c(cc1C)S(=O)(=O)C(C(=O)O)C(C)N2. The zero-order valence-corrected chi connectivity index (χ0v) is 11.2. The maximum Gasteiger partial charge on any atom is 0.324 e. The first-order valence-electron chi connectivity index (χ1n) is 5.59. The Labute approximate surface area is 106 Å². The van der Waals surface area contributed by atoms with Crippen LogP contribution in [0, 0.1) is 13.8 Å². The molecule has 0 saturated heterocycles. The van der Waals surface area contributed by atoms with Gasteiger partial charge in [0.1, 0.15) is 0 Å². The second-order valence-corrected chi connectivity index (χ2v) is 6.71. The number of carboxylic acids is 1. The van der Waals surface area contributed by atoms with Gasteiger partial charge >= 0.3 is 5.97 Å². The normalized spacial score (nSPS) is 25.1. The highest BCUT2D eigenvalue weighted by Gasteiger charge is 2.43. The van der Waals surface area contributed by atoms with Crippen LogP contribution in [0.5, 0.6) is 0 Å². The predicted molar refractivity (Wildman–Crippen MR) is 67.6 cm³/mol. The fourth-order valence-corrected chi connectivity index (χ4v) is 4.12.